The Morgan fingerprint density at radius 3 is 2.53 bits per heavy atom. The fourth-order valence-corrected chi connectivity index (χ4v) is 8.82. The van der Waals surface area contributed by atoms with E-state index >= 15 is 0 Å². The number of Topliss-reactive ketones (excluding diaryl/α,β-unsaturated/α-hetero) is 1. The molecule has 4 rings (SSSR count). The van der Waals surface area contributed by atoms with Gasteiger partial charge < -0.3 is 0 Å². The fourth-order valence-electron chi connectivity index (χ4n) is 8.82. The quantitative estimate of drug-likeness (QED) is 0.419. The summed E-state index contributed by atoms with van der Waals surface area (Å²) < 4.78 is 0. The van der Waals surface area contributed by atoms with Crippen LogP contribution >= 0.6 is 0 Å². The first-order valence-electron chi connectivity index (χ1n) is 13.1. The van der Waals surface area contributed by atoms with Crippen LogP contribution < -0.4 is 0 Å². The van der Waals surface area contributed by atoms with E-state index in [9.17, 15) is 4.79 Å². The minimum atomic E-state index is 0.228. The zero-order valence-electron chi connectivity index (χ0n) is 20.5. The molecule has 0 heterocycles. The molecule has 30 heavy (non-hydrogen) atoms. The molecule has 4 aliphatic carbocycles. The van der Waals surface area contributed by atoms with Crippen LogP contribution in [0.25, 0.3) is 0 Å². The van der Waals surface area contributed by atoms with Crippen LogP contribution in [0.1, 0.15) is 99.3 Å². The normalized spacial score (nSPS) is 44.6. The standard InChI is InChI=1S/C29H46O/c1-7-21(12-11-19(2)3)20(4)23-13-14-24-22-18-27(30)26-10-8-9-16-28(26,5)25(22)15-17-29(23,24)6/h8-9,12,19-20,22-26H,7,10-11,13-18H2,1-6H3/b21-12+/t20-,22+,23-,24+,25+,26-,28-,29-/m1/s1. The van der Waals surface area contributed by atoms with Crippen molar-refractivity contribution in [2.24, 2.45) is 52.3 Å². The average molecular weight is 411 g/mol. The summed E-state index contributed by atoms with van der Waals surface area (Å²) in [7, 11) is 0. The minimum Gasteiger partial charge on any atom is -0.299 e. The minimum absolute atomic E-state index is 0.228. The van der Waals surface area contributed by atoms with E-state index in [1.54, 1.807) is 5.57 Å². The van der Waals surface area contributed by atoms with Gasteiger partial charge in [0.25, 0.3) is 0 Å². The largest absolute Gasteiger partial charge is 0.299 e. The van der Waals surface area contributed by atoms with Crippen LogP contribution in [0.5, 0.6) is 0 Å². The third-order valence-electron chi connectivity index (χ3n) is 10.5. The maximum absolute atomic E-state index is 13.3. The number of carbonyl (C=O) groups excluding carboxylic acids is 1. The van der Waals surface area contributed by atoms with Crippen molar-refractivity contribution in [1.82, 2.24) is 0 Å². The lowest BCUT2D eigenvalue weighted by atomic mass is 9.45. The van der Waals surface area contributed by atoms with Crippen LogP contribution in [0.4, 0.5) is 0 Å². The van der Waals surface area contributed by atoms with Gasteiger partial charge >= 0.3 is 0 Å². The predicted octanol–water partition coefficient (Wildman–Crippen LogP) is 8.01. The van der Waals surface area contributed by atoms with Gasteiger partial charge in [0.2, 0.25) is 0 Å². The molecule has 1 heteroatoms. The fraction of sp³-hybridized carbons (Fsp3) is 0.828. The second kappa shape index (κ2) is 8.25. The molecule has 0 aromatic carbocycles. The Morgan fingerprint density at radius 2 is 1.83 bits per heavy atom. The Bertz CT molecular complexity index is 714. The van der Waals surface area contributed by atoms with Gasteiger partial charge in [0.15, 0.2) is 0 Å². The number of hydrogen-bond acceptors (Lipinski definition) is 1. The van der Waals surface area contributed by atoms with E-state index in [1.807, 2.05) is 0 Å². The molecule has 0 amide bonds. The molecule has 0 aliphatic heterocycles. The Morgan fingerprint density at radius 1 is 1.10 bits per heavy atom. The molecule has 0 unspecified atom stereocenters. The molecule has 0 saturated heterocycles. The highest BCUT2D eigenvalue weighted by Gasteiger charge is 2.61. The molecule has 8 atom stereocenters. The van der Waals surface area contributed by atoms with E-state index in [0.717, 1.165) is 42.9 Å². The van der Waals surface area contributed by atoms with E-state index in [4.69, 9.17) is 0 Å². The van der Waals surface area contributed by atoms with Crippen molar-refractivity contribution < 1.29 is 4.79 Å². The summed E-state index contributed by atoms with van der Waals surface area (Å²) in [6.07, 6.45) is 18.1. The van der Waals surface area contributed by atoms with Crippen molar-refractivity contribution >= 4 is 5.78 Å². The number of fused-ring (bicyclic) bond motifs is 5. The molecular formula is C29H46O. The van der Waals surface area contributed by atoms with Crippen LogP contribution in [0.2, 0.25) is 0 Å². The predicted molar refractivity (Wildman–Crippen MR) is 127 cm³/mol. The van der Waals surface area contributed by atoms with Gasteiger partial charge in [-0.2, -0.15) is 0 Å². The second-order valence-electron chi connectivity index (χ2n) is 12.3. The first-order valence-corrected chi connectivity index (χ1v) is 13.1. The molecule has 1 nitrogen and oxygen atoms in total. The highest BCUT2D eigenvalue weighted by Crippen LogP contribution is 2.67. The summed E-state index contributed by atoms with van der Waals surface area (Å²) in [5.74, 6) is 5.30. The van der Waals surface area contributed by atoms with Gasteiger partial charge in [-0.05, 0) is 97.7 Å². The van der Waals surface area contributed by atoms with Crippen LogP contribution in [0, 0.1) is 52.3 Å². The molecule has 0 radical (unpaired) electrons. The van der Waals surface area contributed by atoms with Gasteiger partial charge in [0, 0.05) is 12.3 Å². The van der Waals surface area contributed by atoms with Gasteiger partial charge in [-0.1, -0.05) is 65.3 Å². The molecule has 168 valence electrons. The van der Waals surface area contributed by atoms with E-state index in [0.29, 0.717) is 29.0 Å². The first-order chi connectivity index (χ1) is 14.2. The smallest absolute Gasteiger partial charge is 0.137 e. The molecule has 0 aromatic rings. The van der Waals surface area contributed by atoms with Gasteiger partial charge in [0.05, 0.1) is 0 Å². The van der Waals surface area contributed by atoms with Gasteiger partial charge in [-0.25, -0.2) is 0 Å². The molecule has 0 N–H and O–H groups in total. The van der Waals surface area contributed by atoms with Crippen molar-refractivity contribution in [3.8, 4) is 0 Å². The molecule has 0 spiro atoms. The molecule has 3 saturated carbocycles. The van der Waals surface area contributed by atoms with Crippen molar-refractivity contribution in [2.75, 3.05) is 0 Å². The van der Waals surface area contributed by atoms with E-state index in [2.05, 4.69) is 59.8 Å². The summed E-state index contributed by atoms with van der Waals surface area (Å²) in [6, 6.07) is 0. The molecule has 4 aliphatic rings. The van der Waals surface area contributed by atoms with Crippen LogP contribution in [-0.2, 0) is 4.79 Å². The van der Waals surface area contributed by atoms with Gasteiger partial charge in [0.1, 0.15) is 5.78 Å². The zero-order chi connectivity index (χ0) is 21.7. The van der Waals surface area contributed by atoms with Crippen LogP contribution in [0.3, 0.4) is 0 Å². The van der Waals surface area contributed by atoms with Crippen molar-refractivity contribution in [2.45, 2.75) is 99.3 Å². The lowest BCUT2D eigenvalue weighted by molar-refractivity contribution is -0.149. The zero-order valence-corrected chi connectivity index (χ0v) is 20.5. The summed E-state index contributed by atoms with van der Waals surface area (Å²) in [5, 5.41) is 0. The monoisotopic (exact) mass is 410 g/mol. The summed E-state index contributed by atoms with van der Waals surface area (Å²) in [4.78, 5) is 13.3. The summed E-state index contributed by atoms with van der Waals surface area (Å²) >= 11 is 0. The molecule has 3 fully saturated rings. The first kappa shape index (κ1) is 22.3. The Kier molecular flexibility index (Phi) is 6.15. The number of ketones is 1. The number of hydrogen-bond donors (Lipinski definition) is 0. The highest BCUT2D eigenvalue weighted by atomic mass is 16.1. The number of allylic oxidation sites excluding steroid dienone is 4. The van der Waals surface area contributed by atoms with Crippen molar-refractivity contribution in [1.29, 1.82) is 0 Å². The molecule has 0 aromatic heterocycles. The number of carbonyl (C=O) groups is 1. The molecule has 0 bridgehead atoms. The average Bonchev–Trinajstić information content (AvgIpc) is 3.05. The van der Waals surface area contributed by atoms with E-state index in [-0.39, 0.29) is 5.41 Å². The van der Waals surface area contributed by atoms with Gasteiger partial charge in [-0.3, -0.25) is 4.79 Å². The lowest BCUT2D eigenvalue weighted by Gasteiger charge is -2.59. The van der Waals surface area contributed by atoms with E-state index in [1.165, 1.54) is 38.5 Å². The SMILES string of the molecule is CC/C(=C\CC(C)C)[C@@H](C)[C@H]1CC[C@H]2[C@@H]3CC(=O)[C@H]4CC=CC[C@]4(C)[C@H]3CC[C@]12C. The van der Waals surface area contributed by atoms with Crippen molar-refractivity contribution in [3.05, 3.63) is 23.8 Å². The van der Waals surface area contributed by atoms with Crippen LogP contribution in [-0.4, -0.2) is 5.78 Å². The molecular weight excluding hydrogens is 364 g/mol. The topological polar surface area (TPSA) is 17.1 Å². The third kappa shape index (κ3) is 3.47. The highest BCUT2D eigenvalue weighted by molar-refractivity contribution is 5.83. The Hall–Kier alpha value is -0.850. The Labute approximate surface area is 186 Å². The number of rotatable bonds is 5. The maximum atomic E-state index is 13.3. The summed E-state index contributed by atoms with van der Waals surface area (Å²) in [6.45, 7) is 14.6. The maximum Gasteiger partial charge on any atom is 0.137 e. The second-order valence-corrected chi connectivity index (χ2v) is 12.3. The Balaban J connectivity index is 1.58. The third-order valence-corrected chi connectivity index (χ3v) is 10.5. The van der Waals surface area contributed by atoms with Crippen LogP contribution in [0.15, 0.2) is 23.8 Å². The summed E-state index contributed by atoms with van der Waals surface area (Å²) in [5.41, 5.74) is 2.36. The van der Waals surface area contributed by atoms with E-state index < -0.39 is 0 Å². The van der Waals surface area contributed by atoms with Crippen molar-refractivity contribution in [3.63, 3.8) is 0 Å². The van der Waals surface area contributed by atoms with Gasteiger partial charge in [-0.15, -0.1) is 0 Å². The lowest BCUT2D eigenvalue weighted by Crippen LogP contribution is -2.55.